The number of aromatic nitrogens is 1. The van der Waals surface area contributed by atoms with Crippen LogP contribution in [0.1, 0.15) is 77.7 Å². The van der Waals surface area contributed by atoms with E-state index in [0.29, 0.717) is 25.1 Å². The van der Waals surface area contributed by atoms with Gasteiger partial charge in [0.15, 0.2) is 0 Å². The molecule has 5 rings (SSSR count). The van der Waals surface area contributed by atoms with E-state index in [9.17, 15) is 9.90 Å². The summed E-state index contributed by atoms with van der Waals surface area (Å²) in [6.45, 7) is 10.8. The zero-order chi connectivity index (χ0) is 31.4. The van der Waals surface area contributed by atoms with Crippen LogP contribution in [0, 0.1) is 5.41 Å². The maximum Gasteiger partial charge on any atom is 0.315 e. The van der Waals surface area contributed by atoms with Gasteiger partial charge in [-0.25, -0.2) is 0 Å². The van der Waals surface area contributed by atoms with Gasteiger partial charge in [-0.3, -0.25) is 9.78 Å². The lowest BCUT2D eigenvalue weighted by atomic mass is 9.72. The fraction of sp³-hybridized carbons (Fsp3) is 0.368. The number of benzene rings is 3. The lowest BCUT2D eigenvalue weighted by Crippen LogP contribution is -2.68. The molecule has 4 aromatic rings. The largest absolute Gasteiger partial charge is 0.465 e. The number of aliphatic hydroxyl groups excluding tert-OH is 1. The van der Waals surface area contributed by atoms with Crippen LogP contribution in [-0.2, 0) is 14.0 Å². The summed E-state index contributed by atoms with van der Waals surface area (Å²) in [4.78, 5) is 18.2. The van der Waals surface area contributed by atoms with Crippen LogP contribution in [0.4, 0.5) is 0 Å². The SMILES string of the molecule is CCOC(=O)C1(/C=C/c2ccc3ccc([C@@H](C)O)nc3c2)CCC(O[Si](c2ccccc2)(c2ccccc2)C(C)(C)C)CC1. The topological polar surface area (TPSA) is 68.7 Å². The molecule has 0 radical (unpaired) electrons. The summed E-state index contributed by atoms with van der Waals surface area (Å²) in [5.41, 5.74) is 1.70. The fourth-order valence-corrected chi connectivity index (χ4v) is 11.4. The Hall–Kier alpha value is -3.58. The molecule has 44 heavy (non-hydrogen) atoms. The number of esters is 1. The molecule has 3 aromatic carbocycles. The molecule has 0 saturated heterocycles. The molecule has 1 saturated carbocycles. The molecule has 1 aliphatic carbocycles. The van der Waals surface area contributed by atoms with Gasteiger partial charge in [-0.1, -0.05) is 112 Å². The first-order valence-electron chi connectivity index (χ1n) is 15.8. The number of pyridine rings is 1. The van der Waals surface area contributed by atoms with Crippen LogP contribution >= 0.6 is 0 Å². The summed E-state index contributed by atoms with van der Waals surface area (Å²) in [5.74, 6) is -0.171. The van der Waals surface area contributed by atoms with Crippen LogP contribution in [0.5, 0.6) is 0 Å². The van der Waals surface area contributed by atoms with Gasteiger partial charge in [0.2, 0.25) is 0 Å². The van der Waals surface area contributed by atoms with Gasteiger partial charge in [0.1, 0.15) is 0 Å². The van der Waals surface area contributed by atoms with E-state index in [1.807, 2.05) is 49.4 Å². The monoisotopic (exact) mass is 607 g/mol. The van der Waals surface area contributed by atoms with Crippen LogP contribution in [0.15, 0.2) is 97.1 Å². The van der Waals surface area contributed by atoms with Crippen molar-refractivity contribution in [1.82, 2.24) is 4.98 Å². The van der Waals surface area contributed by atoms with Gasteiger partial charge in [0, 0.05) is 11.5 Å². The lowest BCUT2D eigenvalue weighted by molar-refractivity contribution is -0.155. The Morgan fingerprint density at radius 2 is 1.57 bits per heavy atom. The van der Waals surface area contributed by atoms with Crippen molar-refractivity contribution in [2.24, 2.45) is 5.41 Å². The standard InChI is InChI=1S/C38H45NO4Si/c1-6-42-36(41)38(24-21-29-17-18-30-19-20-34(28(2)40)39-35(30)27-29)25-22-31(23-26-38)43-44(37(3,4)5,32-13-9-7-10-14-32)33-15-11-8-12-16-33/h7-21,24,27-28,31,40H,6,22-23,25-26H2,1-5H3/b24-21+/t28-,31?,38?/m1/s1. The highest BCUT2D eigenvalue weighted by atomic mass is 28.4. The summed E-state index contributed by atoms with van der Waals surface area (Å²) in [6, 6.07) is 31.4. The predicted octanol–water partition coefficient (Wildman–Crippen LogP) is 7.37. The molecule has 0 aliphatic heterocycles. The molecule has 0 amide bonds. The molecule has 1 aliphatic rings. The van der Waals surface area contributed by atoms with Crippen molar-refractivity contribution < 1.29 is 19.1 Å². The van der Waals surface area contributed by atoms with Crippen molar-refractivity contribution in [2.75, 3.05) is 6.61 Å². The summed E-state index contributed by atoms with van der Waals surface area (Å²) in [5, 5.41) is 13.4. The molecule has 1 aromatic heterocycles. The minimum absolute atomic E-state index is 0.0287. The predicted molar refractivity (Wildman–Crippen MR) is 181 cm³/mol. The van der Waals surface area contributed by atoms with Crippen molar-refractivity contribution in [3.63, 3.8) is 0 Å². The van der Waals surface area contributed by atoms with E-state index in [0.717, 1.165) is 29.3 Å². The Labute approximate surface area is 263 Å². The molecule has 0 bridgehead atoms. The first-order chi connectivity index (χ1) is 21.1. The van der Waals surface area contributed by atoms with E-state index in [1.165, 1.54) is 10.4 Å². The minimum Gasteiger partial charge on any atom is -0.465 e. The van der Waals surface area contributed by atoms with E-state index in [1.54, 1.807) is 6.92 Å². The Kier molecular flexibility index (Phi) is 9.54. The molecule has 0 unspecified atom stereocenters. The maximum atomic E-state index is 13.5. The third-order valence-electron chi connectivity index (χ3n) is 9.03. The zero-order valence-electron chi connectivity index (χ0n) is 26.6. The Balaban J connectivity index is 1.44. The summed E-state index contributed by atoms with van der Waals surface area (Å²) < 4.78 is 13.1. The third-order valence-corrected chi connectivity index (χ3v) is 14.1. The van der Waals surface area contributed by atoms with Crippen molar-refractivity contribution in [3.8, 4) is 0 Å². The number of aliphatic hydroxyl groups is 1. The van der Waals surface area contributed by atoms with Crippen molar-refractivity contribution in [2.45, 2.75) is 77.5 Å². The van der Waals surface area contributed by atoms with E-state index in [2.05, 4.69) is 86.4 Å². The number of rotatable bonds is 9. The average Bonchev–Trinajstić information content (AvgIpc) is 3.03. The van der Waals surface area contributed by atoms with Crippen molar-refractivity contribution >= 4 is 41.6 Å². The second-order valence-corrected chi connectivity index (χ2v) is 17.3. The normalized spacial score (nSPS) is 20.1. The minimum atomic E-state index is -2.69. The third kappa shape index (κ3) is 6.44. The molecular formula is C38H45NO4Si. The first kappa shape index (κ1) is 31.8. The highest BCUT2D eigenvalue weighted by molar-refractivity contribution is 6.99. The van der Waals surface area contributed by atoms with E-state index < -0.39 is 19.8 Å². The van der Waals surface area contributed by atoms with Gasteiger partial charge in [0.25, 0.3) is 8.32 Å². The van der Waals surface area contributed by atoms with Gasteiger partial charge in [-0.05, 0) is 72.6 Å². The highest BCUT2D eigenvalue weighted by Gasteiger charge is 2.52. The molecule has 1 heterocycles. The van der Waals surface area contributed by atoms with Crippen molar-refractivity contribution in [1.29, 1.82) is 0 Å². The smallest absolute Gasteiger partial charge is 0.315 e. The summed E-state index contributed by atoms with van der Waals surface area (Å²) >= 11 is 0. The molecule has 1 fully saturated rings. The summed E-state index contributed by atoms with van der Waals surface area (Å²) in [6.07, 6.45) is 6.31. The number of hydrogen-bond acceptors (Lipinski definition) is 5. The van der Waals surface area contributed by atoms with Crippen LogP contribution in [0.3, 0.4) is 0 Å². The van der Waals surface area contributed by atoms with Gasteiger partial charge in [0.05, 0.1) is 29.3 Å². The number of carbonyl (C=O) groups is 1. The van der Waals surface area contributed by atoms with E-state index >= 15 is 0 Å². The molecule has 0 spiro atoms. The Morgan fingerprint density at radius 1 is 0.977 bits per heavy atom. The second-order valence-electron chi connectivity index (χ2n) is 13.1. The molecule has 6 heteroatoms. The zero-order valence-corrected chi connectivity index (χ0v) is 27.6. The first-order valence-corrected chi connectivity index (χ1v) is 17.7. The van der Waals surface area contributed by atoms with E-state index in [-0.39, 0.29) is 17.1 Å². The van der Waals surface area contributed by atoms with Gasteiger partial charge >= 0.3 is 5.97 Å². The Morgan fingerprint density at radius 3 is 2.11 bits per heavy atom. The van der Waals surface area contributed by atoms with Gasteiger partial charge in [-0.15, -0.1) is 0 Å². The Bertz CT molecular complexity index is 1550. The van der Waals surface area contributed by atoms with Gasteiger partial charge in [-0.2, -0.15) is 0 Å². The average molecular weight is 608 g/mol. The number of nitrogens with zero attached hydrogens (tertiary/aromatic N) is 1. The van der Waals surface area contributed by atoms with Crippen LogP contribution in [-0.4, -0.2) is 37.1 Å². The molecular weight excluding hydrogens is 563 g/mol. The van der Waals surface area contributed by atoms with Crippen LogP contribution in [0.25, 0.3) is 17.0 Å². The quantitative estimate of drug-likeness (QED) is 0.159. The lowest BCUT2D eigenvalue weighted by Gasteiger charge is -2.47. The van der Waals surface area contributed by atoms with Gasteiger partial charge < -0.3 is 14.3 Å². The fourth-order valence-electron chi connectivity index (χ4n) is 6.62. The highest BCUT2D eigenvalue weighted by Crippen LogP contribution is 2.44. The molecule has 5 nitrogen and oxygen atoms in total. The van der Waals surface area contributed by atoms with E-state index in [4.69, 9.17) is 9.16 Å². The molecule has 1 N–H and O–H groups in total. The summed E-state index contributed by atoms with van der Waals surface area (Å²) in [7, 11) is -2.69. The maximum absolute atomic E-state index is 13.5. The van der Waals surface area contributed by atoms with Crippen LogP contribution in [0.2, 0.25) is 5.04 Å². The van der Waals surface area contributed by atoms with Crippen LogP contribution < -0.4 is 10.4 Å². The second kappa shape index (κ2) is 13.2. The number of ether oxygens (including phenoxy) is 1. The number of fused-ring (bicyclic) bond motifs is 1. The number of hydrogen-bond donors (Lipinski definition) is 1. The molecule has 230 valence electrons. The van der Waals surface area contributed by atoms with Crippen molar-refractivity contribution in [3.05, 3.63) is 108 Å². The molecule has 1 atom stereocenters. The number of carbonyl (C=O) groups excluding carboxylic acids is 1.